The Morgan fingerprint density at radius 3 is 2.56 bits per heavy atom. The summed E-state index contributed by atoms with van der Waals surface area (Å²) < 4.78 is 44.4. The zero-order valence-corrected chi connectivity index (χ0v) is 18.4. The van der Waals surface area contributed by atoms with Crippen LogP contribution >= 0.6 is 0 Å². The number of halogens is 3. The lowest BCUT2D eigenvalue weighted by Gasteiger charge is -2.42. The molecule has 0 saturated heterocycles. The zero-order chi connectivity index (χ0) is 24.5. The van der Waals surface area contributed by atoms with Gasteiger partial charge in [-0.05, 0) is 25.3 Å². The van der Waals surface area contributed by atoms with E-state index in [1.807, 2.05) is 6.07 Å². The number of carbonyl (C=O) groups excluding carboxylic acids is 2. The molecule has 0 aliphatic carbocycles. The topological polar surface area (TPSA) is 97.5 Å². The summed E-state index contributed by atoms with van der Waals surface area (Å²) in [6, 6.07) is -0.0967. The molecule has 1 N–H and O–H groups in total. The highest BCUT2D eigenvalue weighted by Gasteiger charge is 2.42. The summed E-state index contributed by atoms with van der Waals surface area (Å²) in [5.74, 6) is -2.85. The number of hydrogen-bond donors (Lipinski definition) is 1. The fourth-order valence-electron chi connectivity index (χ4n) is 3.33. The van der Waals surface area contributed by atoms with Crippen LogP contribution in [0.25, 0.3) is 0 Å². The van der Waals surface area contributed by atoms with Crippen LogP contribution in [-0.2, 0) is 14.3 Å². The van der Waals surface area contributed by atoms with Gasteiger partial charge in [-0.15, -0.1) is 0 Å². The van der Waals surface area contributed by atoms with Crippen molar-refractivity contribution in [2.24, 2.45) is 5.92 Å². The van der Waals surface area contributed by atoms with Crippen LogP contribution < -0.4 is 0 Å². The van der Waals surface area contributed by atoms with E-state index in [0.717, 1.165) is 23.8 Å². The van der Waals surface area contributed by atoms with Gasteiger partial charge in [-0.25, -0.2) is 4.79 Å². The van der Waals surface area contributed by atoms with Crippen LogP contribution in [-0.4, -0.2) is 53.5 Å². The molecule has 0 aromatic heterocycles. The largest absolute Gasteiger partial charge is 0.466 e. The van der Waals surface area contributed by atoms with Crippen LogP contribution in [0.4, 0.5) is 13.2 Å². The number of rotatable bonds is 9. The SMILES string of the molecule is CC=CC(CC(C)C(F)(F)F)N1C=C(C(=O)OC)C(C(=CC=CC#N)CC)N(C=O)C1=N. The molecule has 0 fully saturated rings. The van der Waals surface area contributed by atoms with E-state index < -0.39 is 30.1 Å². The van der Waals surface area contributed by atoms with Crippen molar-refractivity contribution >= 4 is 18.3 Å². The van der Waals surface area contributed by atoms with Gasteiger partial charge in [0.2, 0.25) is 12.4 Å². The molecule has 0 aromatic rings. The van der Waals surface area contributed by atoms with Crippen molar-refractivity contribution in [1.82, 2.24) is 9.80 Å². The predicted molar refractivity (Wildman–Crippen MR) is 113 cm³/mol. The van der Waals surface area contributed by atoms with Gasteiger partial charge in [-0.3, -0.25) is 15.1 Å². The Bertz CT molecular complexity index is 869. The number of alkyl halides is 3. The lowest BCUT2D eigenvalue weighted by atomic mass is 9.92. The van der Waals surface area contributed by atoms with Gasteiger partial charge in [-0.1, -0.05) is 38.2 Å². The molecule has 0 radical (unpaired) electrons. The summed E-state index contributed by atoms with van der Waals surface area (Å²) >= 11 is 0. The van der Waals surface area contributed by atoms with Crippen molar-refractivity contribution in [3.8, 4) is 6.07 Å². The van der Waals surface area contributed by atoms with E-state index in [2.05, 4.69) is 0 Å². The highest BCUT2D eigenvalue weighted by Crippen LogP contribution is 2.34. The maximum atomic E-state index is 13.2. The van der Waals surface area contributed by atoms with E-state index in [4.69, 9.17) is 15.4 Å². The summed E-state index contributed by atoms with van der Waals surface area (Å²) in [5.41, 5.74) is 0.527. The number of allylic oxidation sites excluding steroid dienone is 4. The maximum Gasteiger partial charge on any atom is 0.391 e. The Morgan fingerprint density at radius 1 is 1.44 bits per heavy atom. The molecule has 1 rings (SSSR count). The summed E-state index contributed by atoms with van der Waals surface area (Å²) in [4.78, 5) is 26.7. The normalized spacial score (nSPS) is 19.7. The number of esters is 1. The molecule has 0 aromatic carbocycles. The van der Waals surface area contributed by atoms with E-state index in [0.29, 0.717) is 18.4 Å². The Morgan fingerprint density at radius 2 is 2.09 bits per heavy atom. The maximum absolute atomic E-state index is 13.2. The van der Waals surface area contributed by atoms with Crippen molar-refractivity contribution in [2.45, 2.75) is 51.9 Å². The molecule has 1 amide bonds. The second-order valence-corrected chi connectivity index (χ2v) is 7.08. The van der Waals surface area contributed by atoms with Gasteiger partial charge >= 0.3 is 12.1 Å². The first-order valence-corrected chi connectivity index (χ1v) is 9.92. The van der Waals surface area contributed by atoms with Crippen LogP contribution in [0.5, 0.6) is 0 Å². The molecule has 0 saturated carbocycles. The number of ether oxygens (including phenoxy) is 1. The fourth-order valence-corrected chi connectivity index (χ4v) is 3.33. The Hall–Kier alpha value is -3.35. The molecule has 1 heterocycles. The van der Waals surface area contributed by atoms with Crippen LogP contribution in [0.2, 0.25) is 0 Å². The second-order valence-electron chi connectivity index (χ2n) is 7.08. The number of amides is 1. The molecule has 3 atom stereocenters. The molecule has 174 valence electrons. The summed E-state index contributed by atoms with van der Waals surface area (Å²) in [7, 11) is 1.15. The Balaban J connectivity index is 3.63. The monoisotopic (exact) mass is 452 g/mol. The molecule has 0 spiro atoms. The van der Waals surface area contributed by atoms with Gasteiger partial charge < -0.3 is 9.64 Å². The first-order chi connectivity index (χ1) is 15.1. The molecular weight excluding hydrogens is 425 g/mol. The highest BCUT2D eigenvalue weighted by atomic mass is 19.4. The standard InChI is InChI=1S/C22H27F3N4O3/c1-5-9-17(12-15(3)22(23,24)25)28-13-18(20(31)32-4)19(29(14-30)21(28)27)16(6-2)10-7-8-11-26/h5,7-10,13-15,17,19,27H,6,12H2,1-4H3. The van der Waals surface area contributed by atoms with E-state index in [1.54, 1.807) is 26.0 Å². The lowest BCUT2D eigenvalue weighted by molar-refractivity contribution is -0.172. The van der Waals surface area contributed by atoms with Crippen LogP contribution in [0.15, 0.2) is 47.7 Å². The minimum absolute atomic E-state index is 0.0109. The van der Waals surface area contributed by atoms with Crippen LogP contribution in [0.3, 0.4) is 0 Å². The van der Waals surface area contributed by atoms with Gasteiger partial charge in [0.25, 0.3) is 0 Å². The third-order valence-corrected chi connectivity index (χ3v) is 5.04. The molecule has 1 aliphatic rings. The number of methoxy groups -OCH3 is 1. The molecule has 7 nitrogen and oxygen atoms in total. The molecule has 0 bridgehead atoms. The number of guanidine groups is 1. The van der Waals surface area contributed by atoms with Gasteiger partial charge in [0.1, 0.15) is 0 Å². The van der Waals surface area contributed by atoms with Crippen molar-refractivity contribution in [1.29, 1.82) is 10.7 Å². The molecule has 1 aliphatic heterocycles. The molecular formula is C22H27F3N4O3. The van der Waals surface area contributed by atoms with Crippen molar-refractivity contribution in [3.05, 3.63) is 47.7 Å². The Labute approximate surface area is 185 Å². The minimum atomic E-state index is -4.44. The van der Waals surface area contributed by atoms with Gasteiger partial charge in [0.15, 0.2) is 0 Å². The highest BCUT2D eigenvalue weighted by molar-refractivity contribution is 5.98. The third-order valence-electron chi connectivity index (χ3n) is 5.04. The Kier molecular flexibility index (Phi) is 9.91. The minimum Gasteiger partial charge on any atom is -0.466 e. The molecule has 10 heteroatoms. The van der Waals surface area contributed by atoms with E-state index in [-0.39, 0.29) is 18.0 Å². The third kappa shape index (κ3) is 6.33. The van der Waals surface area contributed by atoms with E-state index >= 15 is 0 Å². The summed E-state index contributed by atoms with van der Waals surface area (Å²) in [6.45, 7) is 4.44. The predicted octanol–water partition coefficient (Wildman–Crippen LogP) is 4.07. The average Bonchev–Trinajstić information content (AvgIpc) is 2.75. The van der Waals surface area contributed by atoms with Gasteiger partial charge in [0, 0.05) is 12.3 Å². The van der Waals surface area contributed by atoms with E-state index in [9.17, 15) is 22.8 Å². The first-order valence-electron chi connectivity index (χ1n) is 9.92. The number of nitriles is 1. The number of carbonyl (C=O) groups is 2. The first kappa shape index (κ1) is 26.7. The van der Waals surface area contributed by atoms with Gasteiger partial charge in [-0.2, -0.15) is 18.4 Å². The van der Waals surface area contributed by atoms with Crippen molar-refractivity contribution in [2.75, 3.05) is 7.11 Å². The summed E-state index contributed by atoms with van der Waals surface area (Å²) in [5, 5.41) is 17.2. The van der Waals surface area contributed by atoms with Gasteiger partial charge in [0.05, 0.1) is 36.8 Å². The summed E-state index contributed by atoms with van der Waals surface area (Å²) in [6.07, 6.45) is 4.41. The fraction of sp³-hybridized carbons (Fsp3) is 0.455. The average molecular weight is 452 g/mol. The smallest absolute Gasteiger partial charge is 0.391 e. The number of nitrogens with zero attached hydrogens (tertiary/aromatic N) is 3. The zero-order valence-electron chi connectivity index (χ0n) is 18.4. The van der Waals surface area contributed by atoms with Crippen molar-refractivity contribution in [3.63, 3.8) is 0 Å². The molecule has 3 unspecified atom stereocenters. The quantitative estimate of drug-likeness (QED) is 0.187. The van der Waals surface area contributed by atoms with Crippen LogP contribution in [0.1, 0.15) is 33.6 Å². The lowest BCUT2D eigenvalue weighted by Crippen LogP contribution is -2.55. The molecule has 32 heavy (non-hydrogen) atoms. The second kappa shape index (κ2) is 11.9. The number of nitrogens with one attached hydrogen (secondary N) is 1. The number of hydrogen-bond acceptors (Lipinski definition) is 5. The van der Waals surface area contributed by atoms with Crippen molar-refractivity contribution < 1.29 is 27.5 Å². The van der Waals surface area contributed by atoms with Crippen LogP contribution in [0, 0.1) is 22.7 Å². The van der Waals surface area contributed by atoms with E-state index in [1.165, 1.54) is 24.4 Å².